The van der Waals surface area contributed by atoms with Crippen molar-refractivity contribution in [3.8, 4) is 5.75 Å². The van der Waals surface area contributed by atoms with Crippen molar-refractivity contribution in [2.75, 3.05) is 0 Å². The van der Waals surface area contributed by atoms with Gasteiger partial charge in [0, 0.05) is 5.56 Å². The van der Waals surface area contributed by atoms with Gasteiger partial charge in [-0.1, -0.05) is 42.0 Å². The van der Waals surface area contributed by atoms with Crippen LogP contribution in [0, 0.1) is 6.92 Å². The van der Waals surface area contributed by atoms with E-state index in [1.165, 1.54) is 5.56 Å². The Kier molecular flexibility index (Phi) is 5.29. The predicted molar refractivity (Wildman–Crippen MR) is 89.5 cm³/mol. The monoisotopic (exact) mass is 299 g/mol. The van der Waals surface area contributed by atoms with Gasteiger partial charge in [-0.25, -0.2) is 0 Å². The molecule has 0 aromatic heterocycles. The smallest absolute Gasteiger partial charge is 0.184 e. The molecule has 0 spiro atoms. The van der Waals surface area contributed by atoms with Gasteiger partial charge in [0.15, 0.2) is 5.11 Å². The molecule has 2 aromatic carbocycles. The van der Waals surface area contributed by atoms with Crippen LogP contribution in [0.2, 0.25) is 0 Å². The van der Waals surface area contributed by atoms with Crippen LogP contribution in [0.5, 0.6) is 5.75 Å². The van der Waals surface area contributed by atoms with Gasteiger partial charge in [-0.05, 0) is 36.8 Å². The number of aryl methyl sites for hydroxylation is 1. The number of nitrogens with one attached hydrogen (secondary N) is 1. The Balaban J connectivity index is 2.06. The Morgan fingerprint density at radius 3 is 2.86 bits per heavy atom. The quantitative estimate of drug-likeness (QED) is 0.506. The molecular weight excluding hydrogens is 282 g/mol. The van der Waals surface area contributed by atoms with Crippen LogP contribution in [0.1, 0.15) is 16.7 Å². The SMILES string of the molecule is Cc1cccc(COc2ccccc2C=NNC(N)=S)c1. The number of benzene rings is 2. The third kappa shape index (κ3) is 4.89. The molecule has 2 rings (SSSR count). The standard InChI is InChI=1S/C16H17N3OS/c1-12-5-4-6-13(9-12)11-20-15-8-3-2-7-14(15)10-18-19-16(17)21/h2-10H,11H2,1H3,(H3,17,19,21). The second-order valence-electron chi connectivity index (χ2n) is 4.55. The highest BCUT2D eigenvalue weighted by atomic mass is 32.1. The molecule has 21 heavy (non-hydrogen) atoms. The van der Waals surface area contributed by atoms with Crippen LogP contribution in [-0.2, 0) is 6.61 Å². The average molecular weight is 299 g/mol. The molecule has 108 valence electrons. The summed E-state index contributed by atoms with van der Waals surface area (Å²) in [6.07, 6.45) is 1.63. The van der Waals surface area contributed by atoms with E-state index in [9.17, 15) is 0 Å². The zero-order chi connectivity index (χ0) is 15.1. The zero-order valence-corrected chi connectivity index (χ0v) is 12.6. The third-order valence-corrected chi connectivity index (χ3v) is 2.87. The molecule has 5 heteroatoms. The summed E-state index contributed by atoms with van der Waals surface area (Å²) < 4.78 is 5.85. The van der Waals surface area contributed by atoms with E-state index in [0.717, 1.165) is 16.9 Å². The highest BCUT2D eigenvalue weighted by molar-refractivity contribution is 7.80. The highest BCUT2D eigenvalue weighted by Crippen LogP contribution is 2.17. The summed E-state index contributed by atoms with van der Waals surface area (Å²) in [6, 6.07) is 15.9. The number of ether oxygens (including phenoxy) is 1. The fourth-order valence-electron chi connectivity index (χ4n) is 1.85. The molecule has 0 bridgehead atoms. The summed E-state index contributed by atoms with van der Waals surface area (Å²) in [5.41, 5.74) is 11.0. The predicted octanol–water partition coefficient (Wildman–Crippen LogP) is 2.74. The zero-order valence-electron chi connectivity index (χ0n) is 11.7. The van der Waals surface area contributed by atoms with E-state index >= 15 is 0 Å². The first-order chi connectivity index (χ1) is 10.1. The van der Waals surface area contributed by atoms with Crippen molar-refractivity contribution >= 4 is 23.5 Å². The summed E-state index contributed by atoms with van der Waals surface area (Å²) in [4.78, 5) is 0. The van der Waals surface area contributed by atoms with Gasteiger partial charge in [0.25, 0.3) is 0 Å². The maximum Gasteiger partial charge on any atom is 0.184 e. The van der Waals surface area contributed by atoms with Crippen molar-refractivity contribution in [2.45, 2.75) is 13.5 Å². The highest BCUT2D eigenvalue weighted by Gasteiger charge is 2.01. The van der Waals surface area contributed by atoms with Crippen molar-refractivity contribution < 1.29 is 4.74 Å². The number of para-hydroxylation sites is 1. The number of hydrazone groups is 1. The Bertz CT molecular complexity index is 655. The molecule has 0 saturated heterocycles. The number of hydrogen-bond donors (Lipinski definition) is 2. The van der Waals surface area contributed by atoms with Crippen molar-refractivity contribution in [3.63, 3.8) is 0 Å². The molecule has 4 nitrogen and oxygen atoms in total. The van der Waals surface area contributed by atoms with Gasteiger partial charge in [0.05, 0.1) is 6.21 Å². The van der Waals surface area contributed by atoms with Gasteiger partial charge in [-0.15, -0.1) is 0 Å². The lowest BCUT2D eigenvalue weighted by molar-refractivity contribution is 0.305. The molecule has 0 amide bonds. The van der Waals surface area contributed by atoms with Crippen LogP contribution in [0.25, 0.3) is 0 Å². The first-order valence-corrected chi connectivity index (χ1v) is 6.92. The maximum atomic E-state index is 5.85. The molecule has 0 atom stereocenters. The molecule has 0 radical (unpaired) electrons. The molecule has 0 heterocycles. The fourth-order valence-corrected chi connectivity index (χ4v) is 1.90. The van der Waals surface area contributed by atoms with Gasteiger partial charge in [0.1, 0.15) is 12.4 Å². The molecule has 0 unspecified atom stereocenters. The number of hydrogen-bond acceptors (Lipinski definition) is 3. The van der Waals surface area contributed by atoms with Gasteiger partial charge in [-0.2, -0.15) is 5.10 Å². The van der Waals surface area contributed by atoms with E-state index in [4.69, 9.17) is 22.7 Å². The van der Waals surface area contributed by atoms with E-state index in [0.29, 0.717) is 6.61 Å². The minimum Gasteiger partial charge on any atom is -0.488 e. The molecule has 3 N–H and O–H groups in total. The van der Waals surface area contributed by atoms with Gasteiger partial charge < -0.3 is 10.5 Å². The first-order valence-electron chi connectivity index (χ1n) is 6.51. The number of thiocarbonyl (C=S) groups is 1. The van der Waals surface area contributed by atoms with Crippen LogP contribution in [-0.4, -0.2) is 11.3 Å². The molecule has 0 aliphatic heterocycles. The van der Waals surface area contributed by atoms with Gasteiger partial charge >= 0.3 is 0 Å². The van der Waals surface area contributed by atoms with Crippen molar-refractivity contribution in [2.24, 2.45) is 10.8 Å². The van der Waals surface area contributed by atoms with Crippen LogP contribution in [0.3, 0.4) is 0 Å². The van der Waals surface area contributed by atoms with E-state index in [-0.39, 0.29) is 5.11 Å². The van der Waals surface area contributed by atoms with E-state index in [2.05, 4.69) is 29.6 Å². The Labute approximate surface area is 129 Å². The second-order valence-corrected chi connectivity index (χ2v) is 4.99. The van der Waals surface area contributed by atoms with Crippen LogP contribution < -0.4 is 15.9 Å². The summed E-state index contributed by atoms with van der Waals surface area (Å²) in [5.74, 6) is 0.757. The second kappa shape index (κ2) is 7.40. The van der Waals surface area contributed by atoms with Crippen LogP contribution >= 0.6 is 12.2 Å². The number of rotatable bonds is 5. The lowest BCUT2D eigenvalue weighted by atomic mass is 10.1. The minimum atomic E-state index is 0.129. The maximum absolute atomic E-state index is 5.85. The van der Waals surface area contributed by atoms with Crippen LogP contribution in [0.15, 0.2) is 53.6 Å². The summed E-state index contributed by atoms with van der Waals surface area (Å²) in [6.45, 7) is 2.57. The van der Waals surface area contributed by atoms with Crippen LogP contribution in [0.4, 0.5) is 0 Å². The van der Waals surface area contributed by atoms with E-state index in [1.54, 1.807) is 6.21 Å². The first kappa shape index (κ1) is 15.0. The Morgan fingerprint density at radius 2 is 2.10 bits per heavy atom. The van der Waals surface area contributed by atoms with Crippen molar-refractivity contribution in [1.29, 1.82) is 0 Å². The minimum absolute atomic E-state index is 0.129. The van der Waals surface area contributed by atoms with Crippen molar-refractivity contribution in [1.82, 2.24) is 5.43 Å². The lowest BCUT2D eigenvalue weighted by Crippen LogP contribution is -2.24. The van der Waals surface area contributed by atoms with E-state index in [1.807, 2.05) is 36.4 Å². The Hall–Kier alpha value is -2.40. The average Bonchev–Trinajstić information content (AvgIpc) is 2.46. The molecular formula is C16H17N3OS. The summed E-state index contributed by atoms with van der Waals surface area (Å²) in [5, 5.41) is 4.08. The molecule has 0 aliphatic carbocycles. The summed E-state index contributed by atoms with van der Waals surface area (Å²) >= 11 is 4.69. The molecule has 0 saturated carbocycles. The normalized spacial score (nSPS) is 10.5. The van der Waals surface area contributed by atoms with Gasteiger partial charge in [0.2, 0.25) is 0 Å². The fraction of sp³-hybridized carbons (Fsp3) is 0.125. The molecule has 0 aliphatic rings. The topological polar surface area (TPSA) is 59.6 Å². The molecule has 2 aromatic rings. The molecule has 0 fully saturated rings. The van der Waals surface area contributed by atoms with Crippen molar-refractivity contribution in [3.05, 3.63) is 65.2 Å². The summed E-state index contributed by atoms with van der Waals surface area (Å²) in [7, 11) is 0. The third-order valence-electron chi connectivity index (χ3n) is 2.77. The lowest BCUT2D eigenvalue weighted by Gasteiger charge is -2.09. The number of nitrogens with zero attached hydrogens (tertiary/aromatic N) is 1. The Morgan fingerprint density at radius 1 is 1.29 bits per heavy atom. The number of nitrogens with two attached hydrogens (primary N) is 1. The van der Waals surface area contributed by atoms with Gasteiger partial charge in [-0.3, -0.25) is 5.43 Å². The largest absolute Gasteiger partial charge is 0.488 e. The van der Waals surface area contributed by atoms with E-state index < -0.39 is 0 Å².